The molecule has 0 amide bonds. The summed E-state index contributed by atoms with van der Waals surface area (Å²) in [4.78, 5) is 0. The van der Waals surface area contributed by atoms with Crippen molar-refractivity contribution < 1.29 is 9.16 Å². The average Bonchev–Trinajstić information content (AvgIpc) is 2.50. The van der Waals surface area contributed by atoms with E-state index in [0.29, 0.717) is 17.2 Å². The molecule has 96 valence electrons. The number of ether oxygens (including phenoxy) is 1. The van der Waals surface area contributed by atoms with E-state index in [1.807, 2.05) is 0 Å². The van der Waals surface area contributed by atoms with E-state index in [-0.39, 0.29) is 0 Å². The summed E-state index contributed by atoms with van der Waals surface area (Å²) in [6.45, 7) is 13.3. The second kappa shape index (κ2) is 5.17. The monoisotopic (exact) mass is 245 g/mol. The maximum absolute atomic E-state index is 6.36. The van der Waals surface area contributed by atoms with E-state index in [1.54, 1.807) is 7.11 Å². The summed E-state index contributed by atoms with van der Waals surface area (Å²) in [5.41, 5.74) is 0. The van der Waals surface area contributed by atoms with Gasteiger partial charge in [0.1, 0.15) is 0 Å². The van der Waals surface area contributed by atoms with Crippen LogP contribution in [0.3, 0.4) is 0 Å². The van der Waals surface area contributed by atoms with Crippen LogP contribution in [-0.2, 0) is 9.16 Å². The van der Waals surface area contributed by atoms with Crippen molar-refractivity contribution in [3.8, 4) is 0 Å². The van der Waals surface area contributed by atoms with Gasteiger partial charge in [0.05, 0.1) is 12.7 Å². The summed E-state index contributed by atoms with van der Waals surface area (Å²) < 4.78 is 11.5. The summed E-state index contributed by atoms with van der Waals surface area (Å²) in [5.74, 6) is 0. The molecule has 0 saturated carbocycles. The van der Waals surface area contributed by atoms with Crippen LogP contribution in [0.25, 0.3) is 0 Å². The molecule has 0 aromatic carbocycles. The zero-order valence-corrected chi connectivity index (χ0v) is 12.6. The van der Waals surface area contributed by atoms with Crippen LogP contribution in [0.5, 0.6) is 0 Å². The molecule has 0 aromatic heterocycles. The van der Waals surface area contributed by atoms with Crippen molar-refractivity contribution >= 4 is 8.32 Å². The normalized spacial score (nSPS) is 27.4. The fraction of sp³-hybridized carbons (Fsp3) is 1.00. The Morgan fingerprint density at radius 2 is 1.94 bits per heavy atom. The first-order chi connectivity index (χ1) is 7.26. The Morgan fingerprint density at radius 1 is 1.31 bits per heavy atom. The van der Waals surface area contributed by atoms with Crippen molar-refractivity contribution in [2.24, 2.45) is 0 Å². The minimum atomic E-state index is -1.60. The summed E-state index contributed by atoms with van der Waals surface area (Å²) in [7, 11) is 0.150. The molecular weight excluding hydrogens is 218 g/mol. The maximum atomic E-state index is 6.36. The summed E-state index contributed by atoms with van der Waals surface area (Å²) in [6, 6.07) is 0.472. The molecule has 0 aromatic rings. The van der Waals surface area contributed by atoms with Crippen LogP contribution in [0.2, 0.25) is 18.1 Å². The molecule has 1 saturated heterocycles. The highest BCUT2D eigenvalue weighted by Crippen LogP contribution is 2.38. The molecule has 4 heteroatoms. The van der Waals surface area contributed by atoms with Crippen LogP contribution in [0, 0.1) is 0 Å². The molecule has 0 unspecified atom stereocenters. The lowest BCUT2D eigenvalue weighted by Gasteiger charge is -2.38. The third-order valence-electron chi connectivity index (χ3n) is 3.82. The molecule has 1 fully saturated rings. The van der Waals surface area contributed by atoms with E-state index in [1.165, 1.54) is 0 Å². The van der Waals surface area contributed by atoms with Gasteiger partial charge in [0, 0.05) is 19.7 Å². The van der Waals surface area contributed by atoms with E-state index in [2.05, 4.69) is 39.2 Å². The van der Waals surface area contributed by atoms with Crippen LogP contribution in [0.1, 0.15) is 27.2 Å². The van der Waals surface area contributed by atoms with Gasteiger partial charge >= 0.3 is 0 Å². The quantitative estimate of drug-likeness (QED) is 0.772. The third-order valence-corrected chi connectivity index (χ3v) is 8.35. The summed E-state index contributed by atoms with van der Waals surface area (Å²) in [6.07, 6.45) is 1.46. The van der Waals surface area contributed by atoms with E-state index in [9.17, 15) is 0 Å². The second-order valence-corrected chi connectivity index (χ2v) is 11.1. The molecule has 1 rings (SSSR count). The van der Waals surface area contributed by atoms with Crippen molar-refractivity contribution in [2.75, 3.05) is 20.3 Å². The van der Waals surface area contributed by atoms with Crippen molar-refractivity contribution in [1.82, 2.24) is 5.32 Å². The molecule has 0 bridgehead atoms. The lowest BCUT2D eigenvalue weighted by Crippen LogP contribution is -2.44. The van der Waals surface area contributed by atoms with Crippen molar-refractivity contribution in [1.29, 1.82) is 0 Å². The van der Waals surface area contributed by atoms with Crippen LogP contribution < -0.4 is 5.32 Å². The Hall–Kier alpha value is 0.0969. The molecule has 0 radical (unpaired) electrons. The Morgan fingerprint density at radius 3 is 2.44 bits per heavy atom. The molecule has 0 spiro atoms. The standard InChI is InChI=1S/C12H27NO2Si/c1-12(2,3)16(5,6)15-11-7-10(9-14-4)13-8-11/h10-11,13H,7-9H2,1-6H3/t10-,11+/m0/s1. The summed E-state index contributed by atoms with van der Waals surface area (Å²) in [5, 5.41) is 3.75. The first-order valence-corrected chi connectivity index (χ1v) is 9.07. The number of methoxy groups -OCH3 is 1. The first kappa shape index (κ1) is 14.2. The molecule has 3 nitrogen and oxygen atoms in total. The largest absolute Gasteiger partial charge is 0.413 e. The smallest absolute Gasteiger partial charge is 0.192 e. The topological polar surface area (TPSA) is 30.5 Å². The number of nitrogens with one attached hydrogen (secondary N) is 1. The molecule has 1 N–H and O–H groups in total. The molecule has 1 aliphatic rings. The van der Waals surface area contributed by atoms with Gasteiger partial charge in [0.2, 0.25) is 0 Å². The highest BCUT2D eigenvalue weighted by Gasteiger charge is 2.40. The molecule has 1 aliphatic heterocycles. The van der Waals surface area contributed by atoms with Gasteiger partial charge in [0.25, 0.3) is 0 Å². The first-order valence-electron chi connectivity index (χ1n) is 6.16. The number of hydrogen-bond acceptors (Lipinski definition) is 3. The Bertz CT molecular complexity index is 226. The molecule has 2 atom stereocenters. The predicted molar refractivity (Wildman–Crippen MR) is 70.4 cm³/mol. The lowest BCUT2D eigenvalue weighted by molar-refractivity contribution is 0.159. The third kappa shape index (κ3) is 3.55. The van der Waals surface area contributed by atoms with Gasteiger partial charge in [-0.05, 0) is 24.6 Å². The fourth-order valence-corrected chi connectivity index (χ4v) is 3.16. The zero-order valence-electron chi connectivity index (χ0n) is 11.6. The SMILES string of the molecule is COC[C@@H]1C[C@@H](O[Si](C)(C)C(C)(C)C)CN1. The van der Waals surface area contributed by atoms with Crippen molar-refractivity contribution in [2.45, 2.75) is 57.5 Å². The van der Waals surface area contributed by atoms with Gasteiger partial charge in [-0.15, -0.1) is 0 Å². The Labute approximate surface area is 101 Å². The van der Waals surface area contributed by atoms with Gasteiger partial charge in [-0.1, -0.05) is 20.8 Å². The van der Waals surface area contributed by atoms with Crippen LogP contribution in [0.15, 0.2) is 0 Å². The Balaban J connectivity index is 2.45. The Kier molecular flexibility index (Phi) is 4.57. The molecule has 1 heterocycles. The van der Waals surface area contributed by atoms with Crippen molar-refractivity contribution in [3.05, 3.63) is 0 Å². The fourth-order valence-electron chi connectivity index (χ4n) is 1.79. The minimum Gasteiger partial charge on any atom is -0.413 e. The molecule has 0 aliphatic carbocycles. The molecular formula is C12H27NO2Si. The average molecular weight is 245 g/mol. The number of hydrogen-bond donors (Lipinski definition) is 1. The van der Waals surface area contributed by atoms with Gasteiger partial charge in [-0.25, -0.2) is 0 Å². The minimum absolute atomic E-state index is 0.298. The maximum Gasteiger partial charge on any atom is 0.192 e. The van der Waals surface area contributed by atoms with Crippen LogP contribution in [-0.4, -0.2) is 40.7 Å². The van der Waals surface area contributed by atoms with Crippen LogP contribution in [0.4, 0.5) is 0 Å². The van der Waals surface area contributed by atoms with Gasteiger partial charge in [0.15, 0.2) is 8.32 Å². The van der Waals surface area contributed by atoms with Gasteiger partial charge in [-0.2, -0.15) is 0 Å². The highest BCUT2D eigenvalue weighted by molar-refractivity contribution is 6.74. The van der Waals surface area contributed by atoms with Gasteiger partial charge in [-0.3, -0.25) is 0 Å². The zero-order chi connectivity index (χ0) is 12.4. The van der Waals surface area contributed by atoms with Gasteiger partial charge < -0.3 is 14.5 Å². The van der Waals surface area contributed by atoms with E-state index >= 15 is 0 Å². The van der Waals surface area contributed by atoms with E-state index in [0.717, 1.165) is 19.6 Å². The van der Waals surface area contributed by atoms with E-state index in [4.69, 9.17) is 9.16 Å². The lowest BCUT2D eigenvalue weighted by atomic mass is 10.2. The summed E-state index contributed by atoms with van der Waals surface area (Å²) >= 11 is 0. The number of rotatable bonds is 4. The van der Waals surface area contributed by atoms with Crippen molar-refractivity contribution in [3.63, 3.8) is 0 Å². The highest BCUT2D eigenvalue weighted by atomic mass is 28.4. The van der Waals surface area contributed by atoms with Crippen LogP contribution >= 0.6 is 0 Å². The predicted octanol–water partition coefficient (Wildman–Crippen LogP) is 2.39. The van der Waals surface area contributed by atoms with E-state index < -0.39 is 8.32 Å². The molecule has 16 heavy (non-hydrogen) atoms. The second-order valence-electron chi connectivity index (χ2n) is 6.30.